The number of hydrogen-bond donors (Lipinski definition) is 2. The van der Waals surface area contributed by atoms with E-state index < -0.39 is 6.04 Å². The number of rotatable bonds is 6. The van der Waals surface area contributed by atoms with Crippen LogP contribution in [0.3, 0.4) is 0 Å². The Hall–Kier alpha value is -1.85. The number of amides is 1. The van der Waals surface area contributed by atoms with Gasteiger partial charge in [0.25, 0.3) is 5.56 Å². The van der Waals surface area contributed by atoms with Gasteiger partial charge in [0.15, 0.2) is 5.82 Å². The summed E-state index contributed by atoms with van der Waals surface area (Å²) in [7, 11) is 0. The molecule has 0 spiro atoms. The molecule has 1 aromatic heterocycles. The minimum absolute atomic E-state index is 0.149. The van der Waals surface area contributed by atoms with Crippen LogP contribution in [0, 0.1) is 0 Å². The first-order valence-electron chi connectivity index (χ1n) is 6.19. The number of aryl methyl sites for hydroxylation is 1. The number of nitrogens with one attached hydrogen (secondary N) is 2. The summed E-state index contributed by atoms with van der Waals surface area (Å²) in [5.41, 5.74) is -0.199. The third-order valence-corrected chi connectivity index (χ3v) is 2.48. The fourth-order valence-corrected chi connectivity index (χ4v) is 1.56. The van der Waals surface area contributed by atoms with Gasteiger partial charge in [0.05, 0.1) is 0 Å². The lowest BCUT2D eigenvalue weighted by Crippen LogP contribution is -2.39. The molecule has 0 aliphatic carbocycles. The smallest absolute Gasteiger partial charge is 0.293 e. The molecule has 1 aromatic rings. The maximum absolute atomic E-state index is 12.0. The first kappa shape index (κ1) is 14.2. The van der Waals surface area contributed by atoms with Crippen LogP contribution in [-0.4, -0.2) is 28.0 Å². The molecule has 6 heteroatoms. The highest BCUT2D eigenvalue weighted by atomic mass is 16.2. The average Bonchev–Trinajstić information content (AvgIpc) is 2.34. The van der Waals surface area contributed by atoms with Crippen molar-refractivity contribution in [2.24, 2.45) is 0 Å². The highest BCUT2D eigenvalue weighted by Gasteiger charge is 2.14. The quantitative estimate of drug-likeness (QED) is 0.777. The second kappa shape index (κ2) is 6.78. The van der Waals surface area contributed by atoms with E-state index in [0.29, 0.717) is 13.1 Å². The monoisotopic (exact) mass is 252 g/mol. The van der Waals surface area contributed by atoms with Crippen molar-refractivity contribution in [1.82, 2.24) is 14.9 Å². The molecule has 0 fully saturated rings. The van der Waals surface area contributed by atoms with Crippen LogP contribution in [0.25, 0.3) is 0 Å². The minimum Gasteiger partial charge on any atom is -0.355 e. The van der Waals surface area contributed by atoms with Crippen LogP contribution in [0.4, 0.5) is 5.82 Å². The number of hydrogen-bond acceptors (Lipinski definition) is 4. The second-order valence-electron chi connectivity index (χ2n) is 4.04. The molecule has 2 N–H and O–H groups in total. The molecule has 0 radical (unpaired) electrons. The van der Waals surface area contributed by atoms with E-state index in [1.807, 2.05) is 13.8 Å². The van der Waals surface area contributed by atoms with Gasteiger partial charge in [-0.05, 0) is 20.3 Å². The number of likely N-dealkylation sites (N-methyl/N-ethyl adjacent to an activating group) is 1. The van der Waals surface area contributed by atoms with Crippen LogP contribution in [0.15, 0.2) is 17.2 Å². The van der Waals surface area contributed by atoms with E-state index in [2.05, 4.69) is 15.6 Å². The van der Waals surface area contributed by atoms with Gasteiger partial charge in [0.1, 0.15) is 6.04 Å². The highest BCUT2D eigenvalue weighted by Crippen LogP contribution is 1.98. The number of aromatic nitrogens is 2. The molecule has 6 nitrogen and oxygen atoms in total. The van der Waals surface area contributed by atoms with E-state index in [-0.39, 0.29) is 17.3 Å². The summed E-state index contributed by atoms with van der Waals surface area (Å²) in [6.07, 6.45) is 4.08. The molecule has 1 rings (SSSR count). The molecule has 100 valence electrons. The van der Waals surface area contributed by atoms with E-state index >= 15 is 0 Å². The standard InChI is InChI=1S/C12H20N4O2/c1-4-7-16-8-6-14-10(12(16)18)15-9(3)11(17)13-5-2/h6,8-9H,4-5,7H2,1-3H3,(H,13,17)(H,14,15). The maximum atomic E-state index is 12.0. The fraction of sp³-hybridized carbons (Fsp3) is 0.583. The normalized spacial score (nSPS) is 11.9. The predicted molar refractivity (Wildman–Crippen MR) is 70.6 cm³/mol. The molecular formula is C12H20N4O2. The lowest BCUT2D eigenvalue weighted by atomic mass is 10.3. The van der Waals surface area contributed by atoms with Gasteiger partial charge in [0, 0.05) is 25.5 Å². The van der Waals surface area contributed by atoms with Gasteiger partial charge in [0.2, 0.25) is 5.91 Å². The molecule has 1 amide bonds. The molecule has 0 saturated heterocycles. The van der Waals surface area contributed by atoms with E-state index in [0.717, 1.165) is 6.42 Å². The highest BCUT2D eigenvalue weighted by molar-refractivity contribution is 5.83. The molecular weight excluding hydrogens is 232 g/mol. The molecule has 0 saturated carbocycles. The van der Waals surface area contributed by atoms with Gasteiger partial charge in [-0.15, -0.1) is 0 Å². The average molecular weight is 252 g/mol. The van der Waals surface area contributed by atoms with E-state index in [9.17, 15) is 9.59 Å². The SMILES string of the molecule is CCCn1ccnc(NC(C)C(=O)NCC)c1=O. The summed E-state index contributed by atoms with van der Waals surface area (Å²) < 4.78 is 1.58. The Bertz CT molecular complexity index is 456. The van der Waals surface area contributed by atoms with Crippen molar-refractivity contribution in [3.8, 4) is 0 Å². The van der Waals surface area contributed by atoms with E-state index in [1.54, 1.807) is 23.9 Å². The summed E-state index contributed by atoms with van der Waals surface area (Å²) in [6, 6.07) is -0.484. The van der Waals surface area contributed by atoms with Crippen molar-refractivity contribution >= 4 is 11.7 Å². The number of carbonyl (C=O) groups excluding carboxylic acids is 1. The Labute approximate surface area is 106 Å². The lowest BCUT2D eigenvalue weighted by Gasteiger charge is -2.14. The van der Waals surface area contributed by atoms with Crippen LogP contribution in [0.5, 0.6) is 0 Å². The zero-order chi connectivity index (χ0) is 13.5. The third-order valence-electron chi connectivity index (χ3n) is 2.48. The molecule has 0 aromatic carbocycles. The van der Waals surface area contributed by atoms with Crippen LogP contribution in [0.2, 0.25) is 0 Å². The van der Waals surface area contributed by atoms with Crippen molar-refractivity contribution in [1.29, 1.82) is 0 Å². The molecule has 1 heterocycles. The first-order chi connectivity index (χ1) is 8.60. The van der Waals surface area contributed by atoms with Crippen LogP contribution >= 0.6 is 0 Å². The summed E-state index contributed by atoms with van der Waals surface area (Å²) in [6.45, 7) is 6.75. The Morgan fingerprint density at radius 3 is 2.83 bits per heavy atom. The molecule has 0 aliphatic heterocycles. The molecule has 1 atom stereocenters. The Morgan fingerprint density at radius 2 is 2.22 bits per heavy atom. The molecule has 1 unspecified atom stereocenters. The van der Waals surface area contributed by atoms with Crippen molar-refractivity contribution in [3.63, 3.8) is 0 Å². The van der Waals surface area contributed by atoms with Gasteiger partial charge in [-0.2, -0.15) is 0 Å². The zero-order valence-electron chi connectivity index (χ0n) is 11.1. The summed E-state index contributed by atoms with van der Waals surface area (Å²) in [4.78, 5) is 27.5. The maximum Gasteiger partial charge on any atom is 0.293 e. The Morgan fingerprint density at radius 1 is 1.50 bits per heavy atom. The van der Waals surface area contributed by atoms with Gasteiger partial charge < -0.3 is 15.2 Å². The third kappa shape index (κ3) is 3.58. The largest absolute Gasteiger partial charge is 0.355 e. The van der Waals surface area contributed by atoms with E-state index in [1.165, 1.54) is 0 Å². The van der Waals surface area contributed by atoms with Crippen molar-refractivity contribution in [2.75, 3.05) is 11.9 Å². The van der Waals surface area contributed by atoms with Crippen LogP contribution in [-0.2, 0) is 11.3 Å². The fourth-order valence-electron chi connectivity index (χ4n) is 1.56. The van der Waals surface area contributed by atoms with E-state index in [4.69, 9.17) is 0 Å². The van der Waals surface area contributed by atoms with Gasteiger partial charge in [-0.1, -0.05) is 6.92 Å². The number of carbonyl (C=O) groups is 1. The van der Waals surface area contributed by atoms with Crippen LogP contribution in [0.1, 0.15) is 27.2 Å². The van der Waals surface area contributed by atoms with Crippen molar-refractivity contribution in [2.45, 2.75) is 39.8 Å². The summed E-state index contributed by atoms with van der Waals surface area (Å²) >= 11 is 0. The molecule has 0 bridgehead atoms. The zero-order valence-corrected chi connectivity index (χ0v) is 11.1. The second-order valence-corrected chi connectivity index (χ2v) is 4.04. The summed E-state index contributed by atoms with van der Waals surface area (Å²) in [5.74, 6) is 0.0642. The minimum atomic E-state index is -0.484. The molecule has 0 aliphatic rings. The first-order valence-corrected chi connectivity index (χ1v) is 6.19. The Balaban J connectivity index is 2.81. The summed E-state index contributed by atoms with van der Waals surface area (Å²) in [5, 5.41) is 5.52. The van der Waals surface area contributed by atoms with Gasteiger partial charge in [-0.3, -0.25) is 9.59 Å². The topological polar surface area (TPSA) is 76.0 Å². The number of nitrogens with zero attached hydrogens (tertiary/aromatic N) is 2. The van der Waals surface area contributed by atoms with Gasteiger partial charge in [-0.25, -0.2) is 4.98 Å². The Kier molecular flexibility index (Phi) is 5.35. The molecule has 18 heavy (non-hydrogen) atoms. The van der Waals surface area contributed by atoms with Crippen LogP contribution < -0.4 is 16.2 Å². The number of anilines is 1. The van der Waals surface area contributed by atoms with Crippen molar-refractivity contribution < 1.29 is 4.79 Å². The predicted octanol–water partition coefficient (Wildman–Crippen LogP) is 0.590. The lowest BCUT2D eigenvalue weighted by molar-refractivity contribution is -0.121. The van der Waals surface area contributed by atoms with Gasteiger partial charge >= 0.3 is 0 Å². The van der Waals surface area contributed by atoms with Crippen molar-refractivity contribution in [3.05, 3.63) is 22.7 Å².